The second-order valence-corrected chi connectivity index (χ2v) is 10.8. The molecule has 2 aromatic carbocycles. The molecule has 0 N–H and O–H groups in total. The maximum atomic E-state index is 13.7. The van der Waals surface area contributed by atoms with Crippen molar-refractivity contribution in [3.63, 3.8) is 0 Å². The van der Waals surface area contributed by atoms with Crippen LogP contribution in [0.4, 0.5) is 5.00 Å². The number of esters is 2. The molecule has 194 valence electrons. The molecule has 2 unspecified atom stereocenters. The molecule has 1 fully saturated rings. The minimum absolute atomic E-state index is 0.0101. The maximum Gasteiger partial charge on any atom is 0.336 e. The first-order valence-corrected chi connectivity index (χ1v) is 13.6. The molecule has 0 saturated carbocycles. The molecule has 1 aromatic heterocycles. The zero-order chi connectivity index (χ0) is 26.8. The Hall–Kier alpha value is -3.89. The van der Waals surface area contributed by atoms with Gasteiger partial charge in [0.2, 0.25) is 5.91 Å². The molecule has 2 aliphatic heterocycles. The topological polar surface area (TPSA) is 93.2 Å². The van der Waals surface area contributed by atoms with Gasteiger partial charge in [0.25, 0.3) is 5.91 Å². The van der Waals surface area contributed by atoms with Gasteiger partial charge in [-0.15, -0.1) is 23.1 Å². The van der Waals surface area contributed by atoms with Gasteiger partial charge in [-0.2, -0.15) is 0 Å². The van der Waals surface area contributed by atoms with Crippen molar-refractivity contribution in [1.29, 1.82) is 0 Å². The molecule has 2 aliphatic rings. The van der Waals surface area contributed by atoms with E-state index in [1.165, 1.54) is 41.4 Å². The number of hydrogen-bond donors (Lipinski definition) is 0. The van der Waals surface area contributed by atoms with Crippen LogP contribution in [0.25, 0.3) is 0 Å². The molecule has 10 heteroatoms. The van der Waals surface area contributed by atoms with E-state index in [1.807, 2.05) is 66.0 Å². The Balaban J connectivity index is 1.47. The van der Waals surface area contributed by atoms with Gasteiger partial charge in [-0.25, -0.2) is 4.79 Å². The molecule has 2 amide bonds. The molecule has 38 heavy (non-hydrogen) atoms. The van der Waals surface area contributed by atoms with E-state index in [2.05, 4.69) is 0 Å². The highest BCUT2D eigenvalue weighted by atomic mass is 32.2. The van der Waals surface area contributed by atoms with E-state index in [4.69, 9.17) is 9.47 Å². The van der Waals surface area contributed by atoms with Crippen LogP contribution < -0.4 is 4.90 Å². The molecule has 8 nitrogen and oxygen atoms in total. The van der Waals surface area contributed by atoms with Crippen LogP contribution in [-0.2, 0) is 28.7 Å². The van der Waals surface area contributed by atoms with E-state index in [0.29, 0.717) is 5.00 Å². The zero-order valence-electron chi connectivity index (χ0n) is 20.6. The van der Waals surface area contributed by atoms with Crippen molar-refractivity contribution in [2.24, 2.45) is 0 Å². The molecule has 0 spiro atoms. The van der Waals surface area contributed by atoms with Gasteiger partial charge in [0.1, 0.15) is 16.7 Å². The summed E-state index contributed by atoms with van der Waals surface area (Å²) in [7, 11) is 1.22. The quantitative estimate of drug-likeness (QED) is 0.324. The summed E-state index contributed by atoms with van der Waals surface area (Å²) >= 11 is 2.44. The molecule has 1 saturated heterocycles. The summed E-state index contributed by atoms with van der Waals surface area (Å²) < 4.78 is 11.0. The van der Waals surface area contributed by atoms with E-state index in [0.717, 1.165) is 22.9 Å². The second kappa shape index (κ2) is 10.8. The number of thiophene rings is 1. The predicted octanol–water partition coefficient (Wildman–Crippen LogP) is 4.14. The highest BCUT2D eigenvalue weighted by Gasteiger charge is 2.57. The minimum atomic E-state index is -1.06. The Morgan fingerprint density at radius 2 is 1.58 bits per heavy atom. The number of nitrogens with zero attached hydrogens (tertiary/aromatic N) is 2. The molecule has 0 radical (unpaired) electrons. The summed E-state index contributed by atoms with van der Waals surface area (Å²) in [6.07, 6.45) is 0.644. The fourth-order valence-corrected chi connectivity index (χ4v) is 6.77. The van der Waals surface area contributed by atoms with Crippen LogP contribution in [0.2, 0.25) is 0 Å². The van der Waals surface area contributed by atoms with Gasteiger partial charge >= 0.3 is 11.9 Å². The van der Waals surface area contributed by atoms with E-state index >= 15 is 0 Å². The van der Waals surface area contributed by atoms with Crippen LogP contribution in [0.15, 0.2) is 89.9 Å². The van der Waals surface area contributed by atoms with Crippen LogP contribution in [0.1, 0.15) is 24.2 Å². The van der Waals surface area contributed by atoms with E-state index in [-0.39, 0.29) is 17.4 Å². The van der Waals surface area contributed by atoms with Crippen LogP contribution in [0, 0.1) is 0 Å². The van der Waals surface area contributed by atoms with Crippen molar-refractivity contribution >= 4 is 51.9 Å². The third-order valence-electron chi connectivity index (χ3n) is 6.32. The van der Waals surface area contributed by atoms with Gasteiger partial charge in [-0.3, -0.25) is 19.3 Å². The van der Waals surface area contributed by atoms with Crippen LogP contribution >= 0.6 is 23.1 Å². The summed E-state index contributed by atoms with van der Waals surface area (Å²) in [5.41, 5.74) is 1.56. The lowest BCUT2D eigenvalue weighted by molar-refractivity contribution is -0.149. The molecule has 3 aromatic rings. The van der Waals surface area contributed by atoms with Gasteiger partial charge in [0.05, 0.1) is 17.7 Å². The van der Waals surface area contributed by atoms with Crippen molar-refractivity contribution in [2.45, 2.75) is 29.7 Å². The fraction of sp³-hybridized carbons (Fsp3) is 0.214. The molecule has 5 rings (SSSR count). The number of fused-ring (bicyclic) bond motifs is 1. The van der Waals surface area contributed by atoms with E-state index in [1.54, 1.807) is 12.1 Å². The zero-order valence-corrected chi connectivity index (χ0v) is 22.2. The summed E-state index contributed by atoms with van der Waals surface area (Å²) in [5.74, 6) is -2.01. The standard InChI is InChI=1S/C28H24N2O6S2/c1-17(31)30(21-14-9-15-37-21)22-25(32)29-16-20(27(33)35-2)24(38-26(22)29)28(34)36-23(18-10-5-3-6-11-18)19-12-7-4-8-13-19/h3-16,22-24,26H,1-2H3/t22?,24?,26-/m1/s1. The number of carbonyl (C=O) groups is 4. The second-order valence-electron chi connectivity index (χ2n) is 8.65. The number of methoxy groups -OCH3 is 1. The Labute approximate surface area is 227 Å². The summed E-state index contributed by atoms with van der Waals surface area (Å²) in [6, 6.07) is 21.4. The SMILES string of the molecule is COC(=O)C1=CN2C(=O)C(N(C(C)=O)c3cccs3)[C@H]2SC1C(=O)OC(c1ccccc1)c1ccccc1. The number of hydrogen-bond acceptors (Lipinski definition) is 8. The average molecular weight is 549 g/mol. The van der Waals surface area contributed by atoms with Gasteiger partial charge in [0.15, 0.2) is 6.10 Å². The number of rotatable bonds is 7. The fourth-order valence-electron chi connectivity index (χ4n) is 4.53. The van der Waals surface area contributed by atoms with E-state index in [9.17, 15) is 19.2 Å². The monoisotopic (exact) mass is 548 g/mol. The van der Waals surface area contributed by atoms with Crippen molar-refractivity contribution < 1.29 is 28.7 Å². The maximum absolute atomic E-state index is 13.7. The average Bonchev–Trinajstić information content (AvgIpc) is 3.48. The highest BCUT2D eigenvalue weighted by molar-refractivity contribution is 8.01. The largest absolute Gasteiger partial charge is 0.466 e. The van der Waals surface area contributed by atoms with Gasteiger partial charge in [-0.1, -0.05) is 60.7 Å². The number of β-lactam (4-membered cyclic amide) rings is 1. The highest BCUT2D eigenvalue weighted by Crippen LogP contribution is 2.45. The number of carbonyl (C=O) groups excluding carboxylic acids is 4. The Bertz CT molecular complexity index is 1340. The number of benzene rings is 2. The number of amides is 2. The Kier molecular flexibility index (Phi) is 7.35. The van der Waals surface area contributed by atoms with Gasteiger partial charge in [0, 0.05) is 13.1 Å². The van der Waals surface area contributed by atoms with Crippen molar-refractivity contribution in [3.05, 3.63) is 101 Å². The van der Waals surface area contributed by atoms with Gasteiger partial charge in [-0.05, 0) is 28.6 Å². The predicted molar refractivity (Wildman–Crippen MR) is 144 cm³/mol. The Morgan fingerprint density at radius 1 is 0.947 bits per heavy atom. The molecular formula is C28H24N2O6S2. The van der Waals surface area contributed by atoms with Crippen molar-refractivity contribution in [2.75, 3.05) is 12.0 Å². The first-order valence-electron chi connectivity index (χ1n) is 11.8. The first kappa shape index (κ1) is 25.7. The third-order valence-corrected chi connectivity index (χ3v) is 8.67. The van der Waals surface area contributed by atoms with E-state index < -0.39 is 34.7 Å². The third kappa shape index (κ3) is 4.72. The van der Waals surface area contributed by atoms with Crippen LogP contribution in [0.3, 0.4) is 0 Å². The summed E-state index contributed by atoms with van der Waals surface area (Å²) in [4.78, 5) is 54.9. The molecule has 3 atom stereocenters. The molecule has 0 bridgehead atoms. The normalized spacial score (nSPS) is 20.2. The number of ether oxygens (including phenoxy) is 2. The Morgan fingerprint density at radius 3 is 2.11 bits per heavy atom. The lowest BCUT2D eigenvalue weighted by atomic mass is 10.0. The molecular weight excluding hydrogens is 524 g/mol. The lowest BCUT2D eigenvalue weighted by Crippen LogP contribution is -2.70. The molecule has 3 heterocycles. The molecule has 0 aliphatic carbocycles. The first-order chi connectivity index (χ1) is 18.4. The van der Waals surface area contributed by atoms with Gasteiger partial charge < -0.3 is 14.4 Å². The minimum Gasteiger partial charge on any atom is -0.466 e. The summed E-state index contributed by atoms with van der Waals surface area (Å²) in [6.45, 7) is 1.40. The van der Waals surface area contributed by atoms with Crippen LogP contribution in [-0.4, -0.2) is 52.4 Å². The van der Waals surface area contributed by atoms with Crippen molar-refractivity contribution in [1.82, 2.24) is 4.90 Å². The van der Waals surface area contributed by atoms with Crippen LogP contribution in [0.5, 0.6) is 0 Å². The number of anilines is 1. The lowest BCUT2D eigenvalue weighted by Gasteiger charge is -2.51. The smallest absolute Gasteiger partial charge is 0.336 e. The summed E-state index contributed by atoms with van der Waals surface area (Å²) in [5, 5.41) is 0.812. The van der Waals surface area contributed by atoms with Crippen molar-refractivity contribution in [3.8, 4) is 0 Å². The number of thioether (sulfide) groups is 1.